The zero-order chi connectivity index (χ0) is 28.2. The van der Waals surface area contributed by atoms with Crippen molar-refractivity contribution in [1.29, 1.82) is 0 Å². The number of fused-ring (bicyclic) bond motifs is 1. The van der Waals surface area contributed by atoms with Crippen molar-refractivity contribution in [2.24, 2.45) is 0 Å². The SMILES string of the molecule is C[C@@H]1CN(c2cc(F)cc(-c3ccc4cnc(CNC(=O)c5cccc(OCC(F)F)c5)cc4n3)n2)C[C@H](C)O1. The number of benzene rings is 1. The molecule has 0 unspecified atom stereocenters. The molecule has 3 aromatic heterocycles. The van der Waals surface area contributed by atoms with E-state index in [4.69, 9.17) is 19.4 Å². The molecule has 0 radical (unpaired) electrons. The highest BCUT2D eigenvalue weighted by Gasteiger charge is 2.24. The maximum atomic E-state index is 14.6. The van der Waals surface area contributed by atoms with Gasteiger partial charge in [0.2, 0.25) is 0 Å². The Bertz CT molecular complexity index is 1510. The van der Waals surface area contributed by atoms with Gasteiger partial charge in [-0.05, 0) is 50.2 Å². The van der Waals surface area contributed by atoms with Gasteiger partial charge in [-0.3, -0.25) is 9.78 Å². The summed E-state index contributed by atoms with van der Waals surface area (Å²) in [5, 5.41) is 3.54. The van der Waals surface area contributed by atoms with Gasteiger partial charge in [0.1, 0.15) is 24.0 Å². The molecule has 1 fully saturated rings. The molecule has 2 atom stereocenters. The molecule has 0 spiro atoms. The summed E-state index contributed by atoms with van der Waals surface area (Å²) in [6.07, 6.45) is -0.954. The molecule has 1 N–H and O–H groups in total. The van der Waals surface area contributed by atoms with Gasteiger partial charge in [-0.1, -0.05) is 6.07 Å². The number of halogens is 3. The standard InChI is InChI=1S/C29H28F3N5O3/c1-17-14-37(15-18(2)40-17)28-10-21(30)9-26(36-28)24-7-6-20-12-33-22(11-25(20)35-24)13-34-29(38)19-4-3-5-23(8-19)39-16-27(31)32/h3-12,17-18,27H,13-16H2,1-2H3,(H,34,38)/t17-,18+. The molecular formula is C29H28F3N5O3. The highest BCUT2D eigenvalue weighted by atomic mass is 19.3. The molecule has 0 saturated carbocycles. The Morgan fingerprint density at radius 2 is 1.88 bits per heavy atom. The van der Waals surface area contributed by atoms with Crippen LogP contribution < -0.4 is 15.0 Å². The van der Waals surface area contributed by atoms with Crippen molar-refractivity contribution >= 4 is 22.6 Å². The smallest absolute Gasteiger partial charge is 0.272 e. The van der Waals surface area contributed by atoms with Gasteiger partial charge in [0, 0.05) is 42.4 Å². The van der Waals surface area contributed by atoms with Crippen molar-refractivity contribution in [1.82, 2.24) is 20.3 Å². The molecule has 1 saturated heterocycles. The van der Waals surface area contributed by atoms with Crippen molar-refractivity contribution in [3.05, 3.63) is 77.9 Å². The Hall–Kier alpha value is -4.25. The molecule has 5 rings (SSSR count). The topological polar surface area (TPSA) is 89.5 Å². The number of pyridine rings is 3. The fraction of sp³-hybridized carbons (Fsp3) is 0.310. The number of amides is 1. The minimum Gasteiger partial charge on any atom is -0.488 e. The average molecular weight is 552 g/mol. The van der Waals surface area contributed by atoms with Crippen LogP contribution in [0.4, 0.5) is 19.0 Å². The molecule has 40 heavy (non-hydrogen) atoms. The molecule has 208 valence electrons. The second-order valence-electron chi connectivity index (χ2n) is 9.67. The van der Waals surface area contributed by atoms with Gasteiger partial charge in [-0.25, -0.2) is 23.1 Å². The molecule has 1 aliphatic heterocycles. The number of rotatable bonds is 8. The number of hydrogen-bond acceptors (Lipinski definition) is 7. The maximum Gasteiger partial charge on any atom is 0.272 e. The lowest BCUT2D eigenvalue weighted by atomic mass is 10.1. The fourth-order valence-corrected chi connectivity index (χ4v) is 4.60. The van der Waals surface area contributed by atoms with E-state index in [-0.39, 0.29) is 30.1 Å². The van der Waals surface area contributed by atoms with Crippen molar-refractivity contribution in [2.45, 2.75) is 39.0 Å². The van der Waals surface area contributed by atoms with Crippen LogP contribution in [0.3, 0.4) is 0 Å². The molecule has 8 nitrogen and oxygen atoms in total. The highest BCUT2D eigenvalue weighted by molar-refractivity contribution is 5.94. The van der Waals surface area contributed by atoms with E-state index in [0.29, 0.717) is 41.5 Å². The van der Waals surface area contributed by atoms with E-state index in [1.165, 1.54) is 24.3 Å². The van der Waals surface area contributed by atoms with E-state index in [1.807, 2.05) is 24.8 Å². The van der Waals surface area contributed by atoms with Crippen LogP contribution in [0, 0.1) is 5.82 Å². The molecule has 4 heterocycles. The van der Waals surface area contributed by atoms with Crippen LogP contribution in [0.1, 0.15) is 29.9 Å². The number of aromatic nitrogens is 3. The van der Waals surface area contributed by atoms with E-state index >= 15 is 0 Å². The number of ether oxygens (including phenoxy) is 2. The van der Waals surface area contributed by atoms with Crippen LogP contribution >= 0.6 is 0 Å². The molecule has 4 aromatic rings. The van der Waals surface area contributed by atoms with Crippen LogP contribution in [0.15, 0.2) is 60.8 Å². The molecular weight excluding hydrogens is 523 g/mol. The summed E-state index contributed by atoms with van der Waals surface area (Å²) < 4.78 is 50.2. The van der Waals surface area contributed by atoms with Crippen LogP contribution in [-0.4, -0.2) is 59.2 Å². The first kappa shape index (κ1) is 27.3. The summed E-state index contributed by atoms with van der Waals surface area (Å²) in [5.74, 6) is -0.106. The van der Waals surface area contributed by atoms with Crippen molar-refractivity contribution in [2.75, 3.05) is 24.6 Å². The van der Waals surface area contributed by atoms with Gasteiger partial charge in [-0.15, -0.1) is 0 Å². The Morgan fingerprint density at radius 3 is 2.65 bits per heavy atom. The summed E-state index contributed by atoms with van der Waals surface area (Å²) in [6.45, 7) is 4.53. The number of carbonyl (C=O) groups is 1. The Balaban J connectivity index is 1.32. The van der Waals surface area contributed by atoms with Gasteiger partial charge in [0.15, 0.2) is 0 Å². The predicted molar refractivity (Wildman–Crippen MR) is 144 cm³/mol. The Kier molecular flexibility index (Phi) is 8.11. The minimum absolute atomic E-state index is 0.00485. The van der Waals surface area contributed by atoms with Gasteiger partial charge in [-0.2, -0.15) is 0 Å². The van der Waals surface area contributed by atoms with Gasteiger partial charge >= 0.3 is 0 Å². The monoisotopic (exact) mass is 551 g/mol. The zero-order valence-corrected chi connectivity index (χ0v) is 22.0. The van der Waals surface area contributed by atoms with Crippen molar-refractivity contribution in [3.8, 4) is 17.1 Å². The summed E-state index contributed by atoms with van der Waals surface area (Å²) in [7, 11) is 0. The van der Waals surface area contributed by atoms with Gasteiger partial charge in [0.05, 0.1) is 41.4 Å². The van der Waals surface area contributed by atoms with E-state index in [1.54, 1.807) is 30.5 Å². The molecule has 0 aliphatic carbocycles. The third-order valence-electron chi connectivity index (χ3n) is 6.32. The number of hydrogen-bond donors (Lipinski definition) is 1. The Labute approximate surface area is 229 Å². The second kappa shape index (κ2) is 11.9. The molecule has 1 aromatic carbocycles. The van der Waals surface area contributed by atoms with Crippen LogP contribution in [-0.2, 0) is 11.3 Å². The number of alkyl halides is 2. The minimum atomic E-state index is -2.61. The van der Waals surface area contributed by atoms with Crippen LogP contribution in [0.25, 0.3) is 22.3 Å². The first-order valence-corrected chi connectivity index (χ1v) is 12.9. The average Bonchev–Trinajstić information content (AvgIpc) is 2.93. The quantitative estimate of drug-likeness (QED) is 0.329. The summed E-state index contributed by atoms with van der Waals surface area (Å²) in [6, 6.07) is 14.1. The zero-order valence-electron chi connectivity index (χ0n) is 22.0. The molecule has 1 aliphatic rings. The van der Waals surface area contributed by atoms with Crippen molar-refractivity contribution in [3.63, 3.8) is 0 Å². The van der Waals surface area contributed by atoms with E-state index < -0.39 is 24.8 Å². The second-order valence-corrected chi connectivity index (χ2v) is 9.67. The summed E-state index contributed by atoms with van der Waals surface area (Å²) in [4.78, 5) is 28.4. The maximum absolute atomic E-state index is 14.6. The highest BCUT2D eigenvalue weighted by Crippen LogP contribution is 2.26. The number of anilines is 1. The lowest BCUT2D eigenvalue weighted by Gasteiger charge is -2.36. The predicted octanol–water partition coefficient (Wildman–Crippen LogP) is 5.02. The molecule has 0 bridgehead atoms. The number of nitrogens with one attached hydrogen (secondary N) is 1. The van der Waals surface area contributed by atoms with Crippen LogP contribution in [0.5, 0.6) is 5.75 Å². The van der Waals surface area contributed by atoms with Gasteiger partial charge in [0.25, 0.3) is 12.3 Å². The summed E-state index contributed by atoms with van der Waals surface area (Å²) >= 11 is 0. The van der Waals surface area contributed by atoms with Crippen LogP contribution in [0.2, 0.25) is 0 Å². The van der Waals surface area contributed by atoms with E-state index in [9.17, 15) is 18.0 Å². The number of nitrogens with zero attached hydrogens (tertiary/aromatic N) is 4. The lowest BCUT2D eigenvalue weighted by Crippen LogP contribution is -2.45. The van der Waals surface area contributed by atoms with Crippen molar-refractivity contribution < 1.29 is 27.4 Å². The fourth-order valence-electron chi connectivity index (χ4n) is 4.60. The Morgan fingerprint density at radius 1 is 1.07 bits per heavy atom. The summed E-state index contributed by atoms with van der Waals surface area (Å²) in [5.41, 5.74) is 2.35. The first-order valence-electron chi connectivity index (χ1n) is 12.9. The molecule has 1 amide bonds. The van der Waals surface area contributed by atoms with Gasteiger partial charge < -0.3 is 19.7 Å². The third kappa shape index (κ3) is 6.66. The number of morpholine rings is 1. The number of carbonyl (C=O) groups excluding carboxylic acids is 1. The third-order valence-corrected chi connectivity index (χ3v) is 6.32. The van der Waals surface area contributed by atoms with E-state index in [2.05, 4.69) is 10.3 Å². The molecule has 11 heteroatoms. The van der Waals surface area contributed by atoms with E-state index in [0.717, 1.165) is 5.39 Å². The first-order chi connectivity index (χ1) is 19.2. The lowest BCUT2D eigenvalue weighted by molar-refractivity contribution is -0.00547. The largest absolute Gasteiger partial charge is 0.488 e. The normalized spacial score (nSPS) is 17.3.